The minimum atomic E-state index is 0.0277. The van der Waals surface area contributed by atoms with Crippen LogP contribution in [0.5, 0.6) is 0 Å². The topological polar surface area (TPSA) is 33.8 Å². The molecule has 0 unspecified atom stereocenters. The van der Waals surface area contributed by atoms with Crippen LogP contribution in [0, 0.1) is 6.92 Å². The Hall–Kier alpha value is -2.03. The number of nitrogens with zero attached hydrogens (tertiary/aromatic N) is 2. The molecule has 0 saturated carbocycles. The molecule has 16 heavy (non-hydrogen) atoms. The van der Waals surface area contributed by atoms with Crippen LogP contribution in [0.4, 0.5) is 0 Å². The second kappa shape index (κ2) is 4.66. The molecule has 0 bridgehead atoms. The molecule has 0 amide bonds. The molecule has 2 heterocycles. The van der Waals surface area contributed by atoms with E-state index >= 15 is 0 Å². The Morgan fingerprint density at radius 1 is 1.19 bits per heavy atom. The number of aryl methyl sites for hydroxylation is 1. The smallest absolute Gasteiger partial charge is 0.245 e. The van der Waals surface area contributed by atoms with Crippen LogP contribution in [0.2, 0.25) is 0 Å². The number of ketones is 1. The van der Waals surface area contributed by atoms with Gasteiger partial charge in [0.2, 0.25) is 12.3 Å². The predicted octanol–water partition coefficient (Wildman–Crippen LogP) is 1.56. The highest BCUT2D eigenvalue weighted by molar-refractivity contribution is 5.93. The van der Waals surface area contributed by atoms with Crippen molar-refractivity contribution in [2.45, 2.75) is 13.5 Å². The quantitative estimate of drug-likeness (QED) is 0.572. The summed E-state index contributed by atoms with van der Waals surface area (Å²) >= 11 is 0. The summed E-state index contributed by atoms with van der Waals surface area (Å²) in [6, 6.07) is 11.2. The lowest BCUT2D eigenvalue weighted by atomic mass is 10.2. The number of rotatable bonds is 3. The molecule has 0 aliphatic rings. The summed E-state index contributed by atoms with van der Waals surface area (Å²) in [6.07, 6.45) is 3.74. The molecule has 0 radical (unpaired) electrons. The summed E-state index contributed by atoms with van der Waals surface area (Å²) in [4.78, 5) is 16.1. The summed E-state index contributed by atoms with van der Waals surface area (Å²) in [5, 5.41) is 0. The molecule has 0 aliphatic carbocycles. The van der Waals surface area contributed by atoms with Crippen molar-refractivity contribution in [3.63, 3.8) is 0 Å². The SMILES string of the molecule is Cc1cccc(C(=O)C[n+]2ccccc2)n1. The first-order valence-corrected chi connectivity index (χ1v) is 5.16. The van der Waals surface area contributed by atoms with Crippen LogP contribution < -0.4 is 4.57 Å². The van der Waals surface area contributed by atoms with Gasteiger partial charge in [0, 0.05) is 17.8 Å². The zero-order chi connectivity index (χ0) is 11.4. The second-order valence-electron chi connectivity index (χ2n) is 3.64. The lowest BCUT2D eigenvalue weighted by Gasteiger charge is -1.98. The fraction of sp³-hybridized carbons (Fsp3) is 0.154. The highest BCUT2D eigenvalue weighted by atomic mass is 16.1. The van der Waals surface area contributed by atoms with Gasteiger partial charge < -0.3 is 0 Å². The molecular weight excluding hydrogens is 200 g/mol. The molecule has 0 aromatic carbocycles. The third-order valence-corrected chi connectivity index (χ3v) is 2.28. The lowest BCUT2D eigenvalue weighted by molar-refractivity contribution is -0.683. The van der Waals surface area contributed by atoms with Gasteiger partial charge in [-0.3, -0.25) is 4.79 Å². The Labute approximate surface area is 94.4 Å². The van der Waals surface area contributed by atoms with Crippen molar-refractivity contribution in [1.82, 2.24) is 4.98 Å². The molecule has 3 nitrogen and oxygen atoms in total. The zero-order valence-electron chi connectivity index (χ0n) is 9.13. The van der Waals surface area contributed by atoms with E-state index in [1.165, 1.54) is 0 Å². The van der Waals surface area contributed by atoms with Crippen molar-refractivity contribution in [1.29, 1.82) is 0 Å². The maximum Gasteiger partial charge on any atom is 0.245 e. The van der Waals surface area contributed by atoms with E-state index < -0.39 is 0 Å². The van der Waals surface area contributed by atoms with Crippen LogP contribution in [-0.4, -0.2) is 10.8 Å². The lowest BCUT2D eigenvalue weighted by Crippen LogP contribution is -2.37. The third-order valence-electron chi connectivity index (χ3n) is 2.28. The molecule has 2 rings (SSSR count). The van der Waals surface area contributed by atoms with Crippen molar-refractivity contribution in [2.24, 2.45) is 0 Å². The zero-order valence-corrected chi connectivity index (χ0v) is 9.13. The van der Waals surface area contributed by atoms with Gasteiger partial charge in [-0.05, 0) is 19.1 Å². The number of carbonyl (C=O) groups is 1. The average Bonchev–Trinajstić information content (AvgIpc) is 2.30. The van der Waals surface area contributed by atoms with Crippen molar-refractivity contribution in [3.05, 3.63) is 60.2 Å². The first-order chi connectivity index (χ1) is 7.75. The van der Waals surface area contributed by atoms with E-state index in [1.54, 1.807) is 6.07 Å². The van der Waals surface area contributed by atoms with Gasteiger partial charge >= 0.3 is 0 Å². The van der Waals surface area contributed by atoms with Gasteiger partial charge in [0.1, 0.15) is 5.69 Å². The van der Waals surface area contributed by atoms with Crippen LogP contribution in [0.15, 0.2) is 48.8 Å². The summed E-state index contributed by atoms with van der Waals surface area (Å²) < 4.78 is 1.84. The van der Waals surface area contributed by atoms with Crippen molar-refractivity contribution in [2.75, 3.05) is 0 Å². The predicted molar refractivity (Wildman–Crippen MR) is 59.9 cm³/mol. The molecule has 0 spiro atoms. The maximum absolute atomic E-state index is 11.9. The van der Waals surface area contributed by atoms with E-state index in [-0.39, 0.29) is 5.78 Å². The number of hydrogen-bond acceptors (Lipinski definition) is 2. The standard InChI is InChI=1S/C13H13N2O/c1-11-6-5-7-12(14-11)13(16)10-15-8-3-2-4-9-15/h2-9H,10H2,1H3/q+1. The first kappa shape index (κ1) is 10.5. The molecule has 0 atom stereocenters. The van der Waals surface area contributed by atoms with E-state index in [4.69, 9.17) is 0 Å². The van der Waals surface area contributed by atoms with E-state index in [9.17, 15) is 4.79 Å². The molecular formula is C13H13N2O+. The fourth-order valence-corrected chi connectivity index (χ4v) is 1.48. The summed E-state index contributed by atoms with van der Waals surface area (Å²) in [7, 11) is 0. The molecule has 0 aliphatic heterocycles. The Morgan fingerprint density at radius 3 is 2.62 bits per heavy atom. The first-order valence-electron chi connectivity index (χ1n) is 5.16. The number of pyridine rings is 2. The van der Waals surface area contributed by atoms with Crippen molar-refractivity contribution < 1.29 is 9.36 Å². The largest absolute Gasteiger partial charge is 0.285 e. The third kappa shape index (κ3) is 2.51. The van der Waals surface area contributed by atoms with Crippen LogP contribution in [-0.2, 0) is 6.54 Å². The Balaban J connectivity index is 2.15. The number of Topliss-reactive ketones (excluding diaryl/α,β-unsaturated/α-hetero) is 1. The van der Waals surface area contributed by atoms with Crippen LogP contribution in [0.25, 0.3) is 0 Å². The van der Waals surface area contributed by atoms with Gasteiger partial charge in [0.05, 0.1) is 0 Å². The summed E-state index contributed by atoms with van der Waals surface area (Å²) in [5.74, 6) is 0.0277. The van der Waals surface area contributed by atoms with Crippen LogP contribution in [0.1, 0.15) is 16.2 Å². The van der Waals surface area contributed by atoms with Gasteiger partial charge in [-0.25, -0.2) is 4.98 Å². The average molecular weight is 213 g/mol. The van der Waals surface area contributed by atoms with Gasteiger partial charge in [-0.2, -0.15) is 4.57 Å². The van der Waals surface area contributed by atoms with E-state index in [0.29, 0.717) is 12.2 Å². The molecule has 2 aromatic rings. The number of aromatic nitrogens is 2. The molecule has 3 heteroatoms. The minimum absolute atomic E-state index is 0.0277. The van der Waals surface area contributed by atoms with Gasteiger partial charge in [0.25, 0.3) is 0 Å². The van der Waals surface area contributed by atoms with Crippen LogP contribution in [0.3, 0.4) is 0 Å². The molecule has 0 fully saturated rings. The minimum Gasteiger partial charge on any atom is -0.285 e. The summed E-state index contributed by atoms with van der Waals surface area (Å²) in [6.45, 7) is 2.21. The maximum atomic E-state index is 11.9. The summed E-state index contributed by atoms with van der Waals surface area (Å²) in [5.41, 5.74) is 1.39. The van der Waals surface area contributed by atoms with Crippen LogP contribution >= 0.6 is 0 Å². The molecule has 2 aromatic heterocycles. The normalized spacial score (nSPS) is 10.1. The highest BCUT2D eigenvalue weighted by Crippen LogP contribution is 1.99. The van der Waals surface area contributed by atoms with Crippen molar-refractivity contribution >= 4 is 5.78 Å². The second-order valence-corrected chi connectivity index (χ2v) is 3.64. The Morgan fingerprint density at radius 2 is 1.94 bits per heavy atom. The van der Waals surface area contributed by atoms with E-state index in [2.05, 4.69) is 4.98 Å². The highest BCUT2D eigenvalue weighted by Gasteiger charge is 2.12. The molecule has 80 valence electrons. The fourth-order valence-electron chi connectivity index (χ4n) is 1.48. The molecule has 0 saturated heterocycles. The van der Waals surface area contributed by atoms with Crippen molar-refractivity contribution in [3.8, 4) is 0 Å². The number of carbonyl (C=O) groups excluding carboxylic acids is 1. The Kier molecular flexibility index (Phi) is 3.05. The Bertz CT molecular complexity index is 494. The number of hydrogen-bond donors (Lipinski definition) is 0. The van der Waals surface area contributed by atoms with E-state index in [1.807, 2.05) is 54.2 Å². The van der Waals surface area contributed by atoms with Gasteiger partial charge in [-0.1, -0.05) is 12.1 Å². The molecule has 0 N–H and O–H groups in total. The van der Waals surface area contributed by atoms with Gasteiger partial charge in [0.15, 0.2) is 12.4 Å². The monoisotopic (exact) mass is 213 g/mol. The van der Waals surface area contributed by atoms with E-state index in [0.717, 1.165) is 5.69 Å². The van der Waals surface area contributed by atoms with Gasteiger partial charge in [-0.15, -0.1) is 0 Å².